The smallest absolute Gasteiger partial charge is 0.255 e. The Bertz CT molecular complexity index is 629. The van der Waals surface area contributed by atoms with Gasteiger partial charge in [-0.15, -0.1) is 0 Å². The van der Waals surface area contributed by atoms with Crippen LogP contribution in [-0.2, 0) is 0 Å². The van der Waals surface area contributed by atoms with Crippen LogP contribution >= 0.6 is 59.4 Å². The van der Waals surface area contributed by atoms with Crippen molar-refractivity contribution < 1.29 is 4.79 Å². The van der Waals surface area contributed by atoms with E-state index in [0.717, 1.165) is 13.4 Å². The van der Waals surface area contributed by atoms with Crippen LogP contribution in [-0.4, -0.2) is 10.9 Å². The number of halogens is 4. The summed E-state index contributed by atoms with van der Waals surface area (Å²) in [6.45, 7) is 0. The van der Waals surface area contributed by atoms with E-state index in [0.29, 0.717) is 11.3 Å². The SMILES string of the molecule is O=C(Nc1cc(Br)cnc1Cl)c1cc(Br)cc(Br)c1. The molecule has 3 nitrogen and oxygen atoms in total. The molecule has 0 atom stereocenters. The van der Waals surface area contributed by atoms with Crippen LogP contribution in [0, 0.1) is 0 Å². The molecule has 98 valence electrons. The predicted molar refractivity (Wildman–Crippen MR) is 86.7 cm³/mol. The van der Waals surface area contributed by atoms with Crippen LogP contribution in [0.1, 0.15) is 10.4 Å². The molecule has 0 saturated carbocycles. The maximum Gasteiger partial charge on any atom is 0.255 e. The molecule has 19 heavy (non-hydrogen) atoms. The van der Waals surface area contributed by atoms with E-state index >= 15 is 0 Å². The third kappa shape index (κ3) is 4.02. The highest BCUT2D eigenvalue weighted by Crippen LogP contribution is 2.25. The number of nitrogens with zero attached hydrogens (tertiary/aromatic N) is 1. The second-order valence-corrected chi connectivity index (χ2v) is 6.71. The molecule has 0 spiro atoms. The normalized spacial score (nSPS) is 10.3. The molecular formula is C12H6Br3ClN2O. The quantitative estimate of drug-likeness (QED) is 0.609. The summed E-state index contributed by atoms with van der Waals surface area (Å²) in [5.74, 6) is -0.260. The Balaban J connectivity index is 2.28. The predicted octanol–water partition coefficient (Wildman–Crippen LogP) is 5.27. The van der Waals surface area contributed by atoms with Crippen molar-refractivity contribution >= 4 is 71.0 Å². The number of hydrogen-bond donors (Lipinski definition) is 1. The molecule has 0 fully saturated rings. The topological polar surface area (TPSA) is 42.0 Å². The minimum absolute atomic E-state index is 0.241. The summed E-state index contributed by atoms with van der Waals surface area (Å²) in [6, 6.07) is 6.99. The summed E-state index contributed by atoms with van der Waals surface area (Å²) in [5.41, 5.74) is 0.967. The second-order valence-electron chi connectivity index (χ2n) is 3.60. The fourth-order valence-electron chi connectivity index (χ4n) is 1.39. The molecule has 1 heterocycles. The lowest BCUT2D eigenvalue weighted by Crippen LogP contribution is -2.12. The van der Waals surface area contributed by atoms with E-state index in [2.05, 4.69) is 58.1 Å². The summed E-state index contributed by atoms with van der Waals surface area (Å²) in [4.78, 5) is 16.1. The Labute approximate surface area is 140 Å². The molecule has 1 amide bonds. The highest BCUT2D eigenvalue weighted by atomic mass is 79.9. The lowest BCUT2D eigenvalue weighted by molar-refractivity contribution is 0.102. The largest absolute Gasteiger partial charge is 0.319 e. The maximum atomic E-state index is 12.1. The van der Waals surface area contributed by atoms with E-state index in [1.807, 2.05) is 6.07 Å². The summed E-state index contributed by atoms with van der Waals surface area (Å²) in [6.07, 6.45) is 1.56. The Kier molecular flexibility index (Phi) is 5.00. The highest BCUT2D eigenvalue weighted by Gasteiger charge is 2.11. The Morgan fingerprint density at radius 2 is 1.68 bits per heavy atom. The third-order valence-corrected chi connectivity index (χ3v) is 3.83. The minimum atomic E-state index is -0.260. The second kappa shape index (κ2) is 6.35. The van der Waals surface area contributed by atoms with Crippen LogP contribution in [0.25, 0.3) is 0 Å². The number of nitrogens with one attached hydrogen (secondary N) is 1. The van der Waals surface area contributed by atoms with Crippen LogP contribution in [0.4, 0.5) is 5.69 Å². The number of pyridine rings is 1. The lowest BCUT2D eigenvalue weighted by atomic mass is 10.2. The Morgan fingerprint density at radius 1 is 1.05 bits per heavy atom. The lowest BCUT2D eigenvalue weighted by Gasteiger charge is -2.08. The average molecular weight is 469 g/mol. The van der Waals surface area contributed by atoms with Crippen LogP contribution < -0.4 is 5.32 Å². The number of anilines is 1. The van der Waals surface area contributed by atoms with Crippen LogP contribution in [0.3, 0.4) is 0 Å². The van der Waals surface area contributed by atoms with Crippen molar-refractivity contribution in [3.63, 3.8) is 0 Å². The van der Waals surface area contributed by atoms with E-state index in [1.54, 1.807) is 24.4 Å². The molecule has 2 rings (SSSR count). The van der Waals surface area contributed by atoms with Crippen LogP contribution in [0.2, 0.25) is 5.15 Å². The molecule has 1 aromatic heterocycles. The van der Waals surface area contributed by atoms with E-state index in [9.17, 15) is 4.79 Å². The minimum Gasteiger partial charge on any atom is -0.319 e. The first kappa shape index (κ1) is 15.0. The fourth-order valence-corrected chi connectivity index (χ4v) is 3.17. The molecule has 0 unspecified atom stereocenters. The molecule has 1 aromatic carbocycles. The molecule has 1 N–H and O–H groups in total. The van der Waals surface area contributed by atoms with Gasteiger partial charge in [-0.1, -0.05) is 43.5 Å². The first-order valence-electron chi connectivity index (χ1n) is 5.04. The standard InChI is InChI=1S/C12H6Br3ClN2O/c13-7-1-6(2-8(14)3-7)12(19)18-10-4-9(15)5-17-11(10)16/h1-5H,(H,18,19). The number of amides is 1. The van der Waals surface area contributed by atoms with Crippen molar-refractivity contribution in [2.24, 2.45) is 0 Å². The molecule has 0 aliphatic carbocycles. The molecule has 0 radical (unpaired) electrons. The van der Waals surface area contributed by atoms with Crippen molar-refractivity contribution in [1.82, 2.24) is 4.98 Å². The number of benzene rings is 1. The van der Waals surface area contributed by atoms with E-state index in [1.165, 1.54) is 0 Å². The van der Waals surface area contributed by atoms with Crippen LogP contribution in [0.5, 0.6) is 0 Å². The molecule has 0 bridgehead atoms. The van der Waals surface area contributed by atoms with Crippen molar-refractivity contribution in [2.45, 2.75) is 0 Å². The van der Waals surface area contributed by atoms with E-state index in [4.69, 9.17) is 11.6 Å². The fraction of sp³-hybridized carbons (Fsp3) is 0. The van der Waals surface area contributed by atoms with Gasteiger partial charge < -0.3 is 5.32 Å². The number of carbonyl (C=O) groups excluding carboxylic acids is 1. The monoisotopic (exact) mass is 466 g/mol. The molecule has 2 aromatic rings. The van der Waals surface area contributed by atoms with E-state index < -0.39 is 0 Å². The summed E-state index contributed by atoms with van der Waals surface area (Å²) < 4.78 is 2.36. The first-order chi connectivity index (χ1) is 8.95. The van der Waals surface area contributed by atoms with Gasteiger partial charge in [0.25, 0.3) is 5.91 Å². The summed E-state index contributed by atoms with van der Waals surface area (Å²) in [7, 11) is 0. The number of aromatic nitrogens is 1. The zero-order valence-corrected chi connectivity index (χ0v) is 14.8. The Hall–Kier alpha value is -0.430. The van der Waals surface area contributed by atoms with Gasteiger partial charge in [0.1, 0.15) is 0 Å². The van der Waals surface area contributed by atoms with Gasteiger partial charge in [0, 0.05) is 25.2 Å². The van der Waals surface area contributed by atoms with Gasteiger partial charge in [-0.25, -0.2) is 4.98 Å². The van der Waals surface area contributed by atoms with Gasteiger partial charge in [0.15, 0.2) is 5.15 Å². The molecule has 0 aliphatic heterocycles. The zero-order valence-electron chi connectivity index (χ0n) is 9.25. The maximum absolute atomic E-state index is 12.1. The van der Waals surface area contributed by atoms with Gasteiger partial charge in [0.2, 0.25) is 0 Å². The van der Waals surface area contributed by atoms with Gasteiger partial charge in [-0.3, -0.25) is 4.79 Å². The highest BCUT2D eigenvalue weighted by molar-refractivity contribution is 9.11. The van der Waals surface area contributed by atoms with Crippen LogP contribution in [0.15, 0.2) is 43.9 Å². The van der Waals surface area contributed by atoms with Gasteiger partial charge in [0.05, 0.1) is 5.69 Å². The van der Waals surface area contributed by atoms with Gasteiger partial charge in [-0.2, -0.15) is 0 Å². The van der Waals surface area contributed by atoms with Gasteiger partial charge in [-0.05, 0) is 40.2 Å². The number of carbonyl (C=O) groups is 1. The number of rotatable bonds is 2. The first-order valence-corrected chi connectivity index (χ1v) is 7.80. The third-order valence-electron chi connectivity index (χ3n) is 2.18. The molecule has 7 heteroatoms. The number of hydrogen-bond acceptors (Lipinski definition) is 2. The Morgan fingerprint density at radius 3 is 2.32 bits per heavy atom. The molecular weight excluding hydrogens is 463 g/mol. The average Bonchev–Trinajstić information content (AvgIpc) is 2.32. The van der Waals surface area contributed by atoms with Crippen molar-refractivity contribution in [3.05, 3.63) is 54.6 Å². The summed E-state index contributed by atoms with van der Waals surface area (Å²) >= 11 is 15.9. The van der Waals surface area contributed by atoms with E-state index in [-0.39, 0.29) is 11.1 Å². The summed E-state index contributed by atoms with van der Waals surface area (Å²) in [5, 5.41) is 2.96. The van der Waals surface area contributed by atoms with Crippen molar-refractivity contribution in [3.8, 4) is 0 Å². The van der Waals surface area contributed by atoms with Crippen molar-refractivity contribution in [2.75, 3.05) is 5.32 Å². The zero-order chi connectivity index (χ0) is 14.0. The van der Waals surface area contributed by atoms with Crippen molar-refractivity contribution in [1.29, 1.82) is 0 Å². The molecule has 0 saturated heterocycles. The molecule has 0 aliphatic rings. The van der Waals surface area contributed by atoms with Gasteiger partial charge >= 0.3 is 0 Å².